The third-order valence-electron chi connectivity index (χ3n) is 8.77. The number of carbonyl (C=O) groups excluding carboxylic acids is 1. The van der Waals surface area contributed by atoms with Crippen molar-refractivity contribution in [1.29, 1.82) is 0 Å². The molecule has 2 fully saturated rings. The minimum atomic E-state index is -2.81. The van der Waals surface area contributed by atoms with Gasteiger partial charge in [0.15, 0.2) is 5.78 Å². The van der Waals surface area contributed by atoms with Gasteiger partial charge in [-0.05, 0) is 92.2 Å². The van der Waals surface area contributed by atoms with Gasteiger partial charge in [-0.25, -0.2) is 0 Å². The van der Waals surface area contributed by atoms with Gasteiger partial charge in [0.2, 0.25) is 0 Å². The summed E-state index contributed by atoms with van der Waals surface area (Å²) in [5.74, 6) is 6.80. The van der Waals surface area contributed by atoms with Crippen molar-refractivity contribution in [2.24, 2.45) is 17.3 Å². The number of rotatable bonds is 2. The lowest BCUT2D eigenvalue weighted by molar-refractivity contribution is -0.114. The Morgan fingerprint density at radius 1 is 1.16 bits per heavy atom. The van der Waals surface area contributed by atoms with Crippen LogP contribution >= 0.6 is 0 Å². The van der Waals surface area contributed by atoms with Crippen LogP contribution in [0.25, 0.3) is 0 Å². The largest absolute Gasteiger partial charge is 0.378 e. The van der Waals surface area contributed by atoms with Crippen molar-refractivity contribution < 1.29 is 18.1 Å². The fourth-order valence-corrected chi connectivity index (χ4v) is 7.23. The van der Waals surface area contributed by atoms with Crippen molar-refractivity contribution in [3.63, 3.8) is 0 Å². The molecule has 4 aliphatic rings. The van der Waals surface area contributed by atoms with E-state index in [1.165, 1.54) is 11.1 Å². The number of carbonyl (C=O) groups is 1. The SMILES string of the molecule is [2H]C([2H])([2H])N(c1ccc([C@H]2C[C@@]3(C)[C@@H](CC[C@@]3(O)C#CC)[C@@H]3CCC4=CC(=O)CCC4=C32)cc1)C([2H])([2H])[2H]. The summed E-state index contributed by atoms with van der Waals surface area (Å²) in [4.78, 5) is 12.7. The van der Waals surface area contributed by atoms with Crippen molar-refractivity contribution in [2.75, 3.05) is 18.9 Å². The predicted molar refractivity (Wildman–Crippen MR) is 129 cm³/mol. The molecule has 5 rings (SSSR count). The summed E-state index contributed by atoms with van der Waals surface area (Å²) >= 11 is 0. The van der Waals surface area contributed by atoms with E-state index in [0.717, 1.165) is 36.8 Å². The number of hydrogen-bond acceptors (Lipinski definition) is 3. The summed E-state index contributed by atoms with van der Waals surface area (Å²) < 4.78 is 46.7. The molecule has 0 radical (unpaired) electrons. The van der Waals surface area contributed by atoms with Crippen molar-refractivity contribution in [3.8, 4) is 11.8 Å². The van der Waals surface area contributed by atoms with E-state index in [-0.39, 0.29) is 29.2 Å². The molecule has 0 unspecified atom stereocenters. The van der Waals surface area contributed by atoms with Crippen LogP contribution < -0.4 is 4.90 Å². The molecule has 1 aromatic carbocycles. The summed E-state index contributed by atoms with van der Waals surface area (Å²) in [6.07, 6.45) is 7.03. The number of aliphatic hydroxyl groups is 1. The molecule has 3 nitrogen and oxygen atoms in total. The van der Waals surface area contributed by atoms with Gasteiger partial charge in [-0.15, -0.1) is 5.92 Å². The van der Waals surface area contributed by atoms with Gasteiger partial charge >= 0.3 is 0 Å². The summed E-state index contributed by atoms with van der Waals surface area (Å²) in [7, 11) is 0. The maximum absolute atomic E-state index is 12.2. The number of anilines is 1. The van der Waals surface area contributed by atoms with Gasteiger partial charge in [0.1, 0.15) is 5.60 Å². The Morgan fingerprint density at radius 2 is 1.94 bits per heavy atom. The number of allylic oxidation sites excluding steroid dienone is 4. The van der Waals surface area contributed by atoms with E-state index in [2.05, 4.69) is 18.8 Å². The average Bonchev–Trinajstić information content (AvgIpc) is 3.07. The zero-order valence-electron chi connectivity index (χ0n) is 24.9. The number of nitrogens with zero attached hydrogens (tertiary/aromatic N) is 1. The molecule has 5 atom stereocenters. The van der Waals surface area contributed by atoms with E-state index < -0.39 is 25.0 Å². The second-order valence-electron chi connectivity index (χ2n) is 10.2. The van der Waals surface area contributed by atoms with Crippen LogP contribution in [0.3, 0.4) is 0 Å². The van der Waals surface area contributed by atoms with E-state index >= 15 is 0 Å². The molecule has 0 amide bonds. The first-order chi connectivity index (χ1) is 17.7. The highest BCUT2D eigenvalue weighted by Gasteiger charge is 2.62. The van der Waals surface area contributed by atoms with Crippen molar-refractivity contribution >= 4 is 11.5 Å². The summed E-state index contributed by atoms with van der Waals surface area (Å²) in [5.41, 5.74) is 3.33. The van der Waals surface area contributed by atoms with Gasteiger partial charge < -0.3 is 10.0 Å². The number of hydrogen-bond donors (Lipinski definition) is 1. The normalized spacial score (nSPS) is 39.4. The summed E-state index contributed by atoms with van der Waals surface area (Å²) in [6, 6.07) is 6.84. The number of ketones is 1. The highest BCUT2D eigenvalue weighted by atomic mass is 16.3. The van der Waals surface area contributed by atoms with E-state index in [1.54, 1.807) is 19.1 Å². The van der Waals surface area contributed by atoms with Gasteiger partial charge in [-0.2, -0.15) is 0 Å². The molecular formula is C29H35NO2. The molecule has 0 saturated heterocycles. The molecule has 0 bridgehead atoms. The Kier molecular flexibility index (Phi) is 3.70. The first-order valence-corrected chi connectivity index (χ1v) is 11.7. The minimum Gasteiger partial charge on any atom is -0.378 e. The number of benzene rings is 1. The second-order valence-corrected chi connectivity index (χ2v) is 10.2. The van der Waals surface area contributed by atoms with Crippen LogP contribution in [0, 0.1) is 29.1 Å². The molecule has 0 spiro atoms. The molecule has 1 N–H and O–H groups in total. The Balaban J connectivity index is 1.63. The van der Waals surface area contributed by atoms with Gasteiger partial charge in [-0.3, -0.25) is 4.79 Å². The van der Waals surface area contributed by atoms with E-state index in [4.69, 9.17) is 8.22 Å². The molecule has 0 aliphatic heterocycles. The van der Waals surface area contributed by atoms with Crippen LogP contribution in [0.5, 0.6) is 0 Å². The van der Waals surface area contributed by atoms with E-state index in [1.807, 2.05) is 18.2 Å². The summed E-state index contributed by atoms with van der Waals surface area (Å²) in [5, 5.41) is 11.8. The fourth-order valence-electron chi connectivity index (χ4n) is 7.23. The monoisotopic (exact) mass is 435 g/mol. The molecule has 3 heteroatoms. The quantitative estimate of drug-likeness (QED) is 0.632. The third-order valence-corrected chi connectivity index (χ3v) is 8.77. The lowest BCUT2D eigenvalue weighted by Crippen LogP contribution is -2.51. The van der Waals surface area contributed by atoms with Gasteiger partial charge in [0.05, 0.1) is 0 Å². The average molecular weight is 436 g/mol. The molecule has 0 heterocycles. The van der Waals surface area contributed by atoms with Crippen LogP contribution in [0.1, 0.15) is 78.5 Å². The molecule has 1 aromatic rings. The van der Waals surface area contributed by atoms with Gasteiger partial charge in [0.25, 0.3) is 0 Å². The van der Waals surface area contributed by atoms with Crippen LogP contribution in [-0.4, -0.2) is 30.4 Å². The van der Waals surface area contributed by atoms with Crippen LogP contribution in [0.15, 0.2) is 47.1 Å². The zero-order chi connectivity index (χ0) is 27.7. The van der Waals surface area contributed by atoms with Crippen LogP contribution in [0.4, 0.5) is 5.69 Å². The van der Waals surface area contributed by atoms with Gasteiger partial charge in [-0.1, -0.05) is 30.6 Å². The lowest BCUT2D eigenvalue weighted by Gasteiger charge is -2.53. The second kappa shape index (κ2) is 7.63. The topological polar surface area (TPSA) is 40.5 Å². The maximum Gasteiger partial charge on any atom is 0.156 e. The Hall–Kier alpha value is -2.31. The minimum absolute atomic E-state index is 0.0422. The highest BCUT2D eigenvalue weighted by molar-refractivity contribution is 5.93. The Labute approximate surface area is 201 Å². The molecular weight excluding hydrogens is 394 g/mol. The smallest absolute Gasteiger partial charge is 0.156 e. The third kappa shape index (κ3) is 3.11. The van der Waals surface area contributed by atoms with Crippen LogP contribution in [-0.2, 0) is 4.79 Å². The predicted octanol–water partition coefficient (Wildman–Crippen LogP) is 5.41. The summed E-state index contributed by atoms with van der Waals surface area (Å²) in [6.45, 7) is -1.70. The zero-order valence-corrected chi connectivity index (χ0v) is 18.9. The van der Waals surface area contributed by atoms with Gasteiger partial charge in [0, 0.05) is 45.6 Å². The van der Waals surface area contributed by atoms with Crippen molar-refractivity contribution in [3.05, 3.63) is 52.6 Å². The molecule has 4 aliphatic carbocycles. The Morgan fingerprint density at radius 3 is 2.66 bits per heavy atom. The van der Waals surface area contributed by atoms with E-state index in [9.17, 15) is 9.90 Å². The first kappa shape index (κ1) is 15.5. The highest BCUT2D eigenvalue weighted by Crippen LogP contribution is 2.66. The molecule has 32 heavy (non-hydrogen) atoms. The van der Waals surface area contributed by atoms with Crippen molar-refractivity contribution in [2.45, 2.75) is 70.3 Å². The lowest BCUT2D eigenvalue weighted by atomic mass is 9.51. The van der Waals surface area contributed by atoms with Crippen LogP contribution in [0.2, 0.25) is 0 Å². The number of fused-ring (bicyclic) bond motifs is 4. The molecule has 168 valence electrons. The molecule has 0 aromatic heterocycles. The maximum atomic E-state index is 12.2. The van der Waals surface area contributed by atoms with Crippen molar-refractivity contribution in [1.82, 2.24) is 0 Å². The first-order valence-electron chi connectivity index (χ1n) is 14.7. The standard InChI is InChI=1S/C29H35NO2/c1-5-15-29(32)16-14-26-24-12-8-20-17-22(31)11-13-23(20)27(24)25(18-28(26,29)2)19-6-9-21(10-7-19)30(3)4/h6-7,9-10,17,24-26,32H,8,11-14,16,18H2,1-4H3/t24-,25+,26-,28-,29-/m0/s1/i3D3,4D3. The fraction of sp³-hybridized carbons (Fsp3) is 0.552. The molecule has 2 saturated carbocycles. The van der Waals surface area contributed by atoms with E-state index in [0.29, 0.717) is 24.2 Å². The Bertz CT molecular complexity index is 1250.